The summed E-state index contributed by atoms with van der Waals surface area (Å²) in [7, 11) is 0. The summed E-state index contributed by atoms with van der Waals surface area (Å²) in [5.74, 6) is 1.12. The highest BCUT2D eigenvalue weighted by molar-refractivity contribution is 5.84. The van der Waals surface area contributed by atoms with E-state index in [4.69, 9.17) is 11.1 Å². The van der Waals surface area contributed by atoms with Crippen molar-refractivity contribution in [3.05, 3.63) is 0 Å². The molecule has 3 heteroatoms. The minimum Gasteiger partial charge on any atom is -0.389 e. The molecule has 6 atom stereocenters. The molecule has 4 saturated carbocycles. The summed E-state index contributed by atoms with van der Waals surface area (Å²) in [6, 6.07) is 0. The third-order valence-corrected chi connectivity index (χ3v) is 8.75. The molecule has 0 aliphatic heterocycles. The van der Waals surface area contributed by atoms with Crippen molar-refractivity contribution in [3.8, 4) is 0 Å². The van der Waals surface area contributed by atoms with Crippen LogP contribution in [0.25, 0.3) is 0 Å². The zero-order valence-electron chi connectivity index (χ0n) is 14.3. The smallest absolute Gasteiger partial charge is 0.0749 e. The minimum atomic E-state index is -0.602. The first-order valence-electron chi connectivity index (χ1n) is 9.32. The van der Waals surface area contributed by atoms with E-state index in [0.717, 1.165) is 44.2 Å². The van der Waals surface area contributed by atoms with E-state index in [9.17, 15) is 5.11 Å². The van der Waals surface area contributed by atoms with Crippen LogP contribution >= 0.6 is 0 Å². The Bertz CT molecular complexity index is 520. The molecular weight excluding hydrogens is 272 g/mol. The van der Waals surface area contributed by atoms with Gasteiger partial charge in [0.2, 0.25) is 0 Å². The van der Waals surface area contributed by atoms with Crippen LogP contribution in [0.15, 0.2) is 0 Å². The lowest BCUT2D eigenvalue weighted by Gasteiger charge is -2.67. The second-order valence-corrected chi connectivity index (χ2v) is 9.49. The Hall–Kier alpha value is -0.410. The zero-order valence-corrected chi connectivity index (χ0v) is 14.3. The molecule has 124 valence electrons. The average Bonchev–Trinajstić information content (AvgIpc) is 2.84. The van der Waals surface area contributed by atoms with Gasteiger partial charge in [-0.05, 0) is 68.6 Å². The maximum Gasteiger partial charge on any atom is 0.0749 e. The summed E-state index contributed by atoms with van der Waals surface area (Å²) in [5, 5.41) is 20.0. The molecule has 22 heavy (non-hydrogen) atoms. The quantitative estimate of drug-likeness (QED) is 0.639. The van der Waals surface area contributed by atoms with Gasteiger partial charge in [0, 0.05) is 23.1 Å². The van der Waals surface area contributed by atoms with Crippen molar-refractivity contribution < 1.29 is 5.11 Å². The predicted molar refractivity (Wildman–Crippen MR) is 89.0 cm³/mol. The normalized spacial score (nSPS) is 57.9. The number of rotatable bonds is 0. The van der Waals surface area contributed by atoms with Gasteiger partial charge in [-0.3, -0.25) is 0 Å². The molecule has 0 spiro atoms. The van der Waals surface area contributed by atoms with Gasteiger partial charge in [-0.25, -0.2) is 0 Å². The molecule has 0 bridgehead atoms. The van der Waals surface area contributed by atoms with Crippen molar-refractivity contribution >= 4 is 5.71 Å². The van der Waals surface area contributed by atoms with Crippen LogP contribution in [0.4, 0.5) is 0 Å². The average molecular weight is 304 g/mol. The highest BCUT2D eigenvalue weighted by Gasteiger charge is 2.68. The summed E-state index contributed by atoms with van der Waals surface area (Å²) >= 11 is 0. The largest absolute Gasteiger partial charge is 0.389 e. The summed E-state index contributed by atoms with van der Waals surface area (Å²) in [6.07, 6.45) is 10.5. The Balaban J connectivity index is 1.76. The monoisotopic (exact) mass is 304 g/mol. The zero-order chi connectivity index (χ0) is 15.8. The van der Waals surface area contributed by atoms with E-state index < -0.39 is 5.60 Å². The Kier molecular flexibility index (Phi) is 3.00. The van der Waals surface area contributed by atoms with Crippen LogP contribution in [0, 0.1) is 28.1 Å². The molecule has 4 aliphatic rings. The summed E-state index contributed by atoms with van der Waals surface area (Å²) < 4.78 is 0. The van der Waals surface area contributed by atoms with Crippen LogP contribution in [0.3, 0.4) is 0 Å². The molecule has 6 unspecified atom stereocenters. The van der Waals surface area contributed by atoms with Crippen LogP contribution in [-0.4, -0.2) is 22.0 Å². The molecule has 0 amide bonds. The van der Waals surface area contributed by atoms with Gasteiger partial charge in [0.15, 0.2) is 0 Å². The molecule has 3 nitrogen and oxygen atoms in total. The molecule has 0 heterocycles. The molecular formula is C19H32N2O. The molecule has 0 aromatic carbocycles. The Morgan fingerprint density at radius 1 is 1.05 bits per heavy atom. The second kappa shape index (κ2) is 4.36. The van der Waals surface area contributed by atoms with Gasteiger partial charge in [-0.1, -0.05) is 20.3 Å². The van der Waals surface area contributed by atoms with Crippen molar-refractivity contribution in [1.29, 1.82) is 5.41 Å². The summed E-state index contributed by atoms with van der Waals surface area (Å²) in [4.78, 5) is 0. The fourth-order valence-electron chi connectivity index (χ4n) is 7.12. The minimum absolute atomic E-state index is 0.211. The first-order valence-corrected chi connectivity index (χ1v) is 9.32. The highest BCUT2D eigenvalue weighted by Crippen LogP contribution is 2.68. The van der Waals surface area contributed by atoms with Crippen molar-refractivity contribution in [3.63, 3.8) is 0 Å². The summed E-state index contributed by atoms with van der Waals surface area (Å²) in [6.45, 7) is 4.72. The number of nitrogens with one attached hydrogen (secondary N) is 1. The topological polar surface area (TPSA) is 70.1 Å². The van der Waals surface area contributed by atoms with Crippen molar-refractivity contribution in [2.45, 2.75) is 89.2 Å². The highest BCUT2D eigenvalue weighted by atomic mass is 16.3. The lowest BCUT2D eigenvalue weighted by Crippen LogP contribution is -2.74. The first-order chi connectivity index (χ1) is 10.2. The van der Waals surface area contributed by atoms with Crippen molar-refractivity contribution in [2.75, 3.05) is 0 Å². The molecule has 0 radical (unpaired) electrons. The van der Waals surface area contributed by atoms with E-state index in [1.54, 1.807) is 0 Å². The van der Waals surface area contributed by atoms with Crippen LogP contribution < -0.4 is 5.73 Å². The van der Waals surface area contributed by atoms with Gasteiger partial charge in [0.1, 0.15) is 0 Å². The van der Waals surface area contributed by atoms with Gasteiger partial charge in [0.25, 0.3) is 0 Å². The lowest BCUT2D eigenvalue weighted by atomic mass is 9.41. The SMILES string of the molecule is CC12CCCC1C1CCC3(N)CC(=N)CCC3(C)C1(O)CC2. The van der Waals surface area contributed by atoms with E-state index in [0.29, 0.717) is 23.7 Å². The van der Waals surface area contributed by atoms with Gasteiger partial charge in [-0.15, -0.1) is 0 Å². The number of aliphatic hydroxyl groups is 1. The van der Waals surface area contributed by atoms with Crippen LogP contribution in [-0.2, 0) is 0 Å². The fraction of sp³-hybridized carbons (Fsp3) is 0.947. The Morgan fingerprint density at radius 3 is 2.59 bits per heavy atom. The Morgan fingerprint density at radius 2 is 1.82 bits per heavy atom. The van der Waals surface area contributed by atoms with E-state index in [-0.39, 0.29) is 11.0 Å². The van der Waals surface area contributed by atoms with Gasteiger partial charge >= 0.3 is 0 Å². The molecule has 4 N–H and O–H groups in total. The van der Waals surface area contributed by atoms with Gasteiger partial charge in [0.05, 0.1) is 5.60 Å². The standard InChI is InChI=1S/C19H32N2O/c1-16-7-3-4-14(16)15-6-9-18(21)12-13(20)5-8-17(18,2)19(15,22)11-10-16/h14-15,20,22H,3-12,21H2,1-2H3. The van der Waals surface area contributed by atoms with Crippen molar-refractivity contribution in [1.82, 2.24) is 0 Å². The third-order valence-electron chi connectivity index (χ3n) is 8.75. The third kappa shape index (κ3) is 1.62. The molecule has 4 fully saturated rings. The van der Waals surface area contributed by atoms with E-state index in [2.05, 4.69) is 13.8 Å². The maximum atomic E-state index is 11.9. The fourth-order valence-corrected chi connectivity index (χ4v) is 7.12. The first kappa shape index (κ1) is 15.1. The van der Waals surface area contributed by atoms with Crippen LogP contribution in [0.5, 0.6) is 0 Å². The lowest BCUT2D eigenvalue weighted by molar-refractivity contribution is -0.231. The van der Waals surface area contributed by atoms with Gasteiger partial charge in [-0.2, -0.15) is 0 Å². The molecule has 0 saturated heterocycles. The molecule has 4 rings (SSSR count). The second-order valence-electron chi connectivity index (χ2n) is 9.49. The van der Waals surface area contributed by atoms with Crippen LogP contribution in [0.2, 0.25) is 0 Å². The van der Waals surface area contributed by atoms with Crippen molar-refractivity contribution in [2.24, 2.45) is 28.4 Å². The summed E-state index contributed by atoms with van der Waals surface area (Å²) in [5.41, 5.74) is 6.93. The molecule has 0 aromatic rings. The van der Waals surface area contributed by atoms with E-state index in [1.807, 2.05) is 0 Å². The van der Waals surface area contributed by atoms with Gasteiger partial charge < -0.3 is 16.2 Å². The van der Waals surface area contributed by atoms with E-state index in [1.165, 1.54) is 19.3 Å². The predicted octanol–water partition coefficient (Wildman–Crippen LogP) is 3.64. The number of fused-ring (bicyclic) bond motifs is 5. The van der Waals surface area contributed by atoms with Crippen LogP contribution in [0.1, 0.15) is 78.1 Å². The Labute approximate surface area is 134 Å². The van der Waals surface area contributed by atoms with E-state index >= 15 is 0 Å². The number of hydrogen-bond acceptors (Lipinski definition) is 3. The number of nitrogens with two attached hydrogens (primary N) is 1. The maximum absolute atomic E-state index is 11.9. The molecule has 4 aliphatic carbocycles. The number of hydrogen-bond donors (Lipinski definition) is 3. The molecule has 0 aromatic heterocycles.